The van der Waals surface area contributed by atoms with Gasteiger partial charge in [0.2, 0.25) is 0 Å². The molecule has 23 heavy (non-hydrogen) atoms. The normalized spacial score (nSPS) is 11.2. The molecule has 0 saturated carbocycles. The topological polar surface area (TPSA) is 15.6 Å². The maximum Gasteiger partial charge on any atom is 0.142 e. The highest BCUT2D eigenvalue weighted by Crippen LogP contribution is 2.29. The summed E-state index contributed by atoms with van der Waals surface area (Å²) in [5.41, 5.74) is 3.72. The van der Waals surface area contributed by atoms with Crippen LogP contribution in [-0.2, 0) is 6.42 Å². The second-order valence-electron chi connectivity index (χ2n) is 5.45. The predicted molar refractivity (Wildman–Crippen MR) is 96.9 cm³/mol. The fourth-order valence-corrected chi connectivity index (χ4v) is 2.50. The van der Waals surface area contributed by atoms with E-state index >= 15 is 0 Å². The van der Waals surface area contributed by atoms with E-state index in [-0.39, 0.29) is 5.02 Å². The van der Waals surface area contributed by atoms with Gasteiger partial charge >= 0.3 is 0 Å². The van der Waals surface area contributed by atoms with Crippen LogP contribution in [-0.4, -0.2) is 24.8 Å². The van der Waals surface area contributed by atoms with Crippen LogP contribution in [0.2, 0.25) is 10.0 Å². The molecule has 2 nitrogen and oxygen atoms in total. The van der Waals surface area contributed by atoms with Gasteiger partial charge in [-0.15, -0.1) is 0 Å². The summed E-state index contributed by atoms with van der Waals surface area (Å²) in [5.74, 6) is -0.410. The number of hydrogen-bond donors (Lipinski definition) is 0. The van der Waals surface area contributed by atoms with Crippen molar-refractivity contribution in [2.24, 2.45) is 4.99 Å². The van der Waals surface area contributed by atoms with Gasteiger partial charge in [-0.1, -0.05) is 29.3 Å². The van der Waals surface area contributed by atoms with Crippen LogP contribution < -0.4 is 0 Å². The molecule has 5 heteroatoms. The number of benzene rings is 2. The summed E-state index contributed by atoms with van der Waals surface area (Å²) in [7, 11) is 1.96. The fourth-order valence-electron chi connectivity index (χ4n) is 2.15. The van der Waals surface area contributed by atoms with Crippen molar-refractivity contribution >= 4 is 35.2 Å². The SMILES string of the molecule is CCN(C)/C=N\c1cc(Cl)cc(Cc2ccc(Cl)c(F)c2)c1C. The first-order chi connectivity index (χ1) is 10.9. The summed E-state index contributed by atoms with van der Waals surface area (Å²) < 4.78 is 13.6. The number of nitrogens with zero attached hydrogens (tertiary/aromatic N) is 2. The monoisotopic (exact) mass is 352 g/mol. The minimum Gasteiger partial charge on any atom is -0.366 e. The van der Waals surface area contributed by atoms with E-state index in [1.807, 2.05) is 37.1 Å². The Labute approximate surface area is 146 Å². The molecule has 0 N–H and O–H groups in total. The summed E-state index contributed by atoms with van der Waals surface area (Å²) in [4.78, 5) is 6.47. The van der Waals surface area contributed by atoms with Crippen LogP contribution in [0.4, 0.5) is 10.1 Å². The molecule has 0 aliphatic heterocycles. The van der Waals surface area contributed by atoms with E-state index < -0.39 is 5.82 Å². The van der Waals surface area contributed by atoms with Gasteiger partial charge in [-0.05, 0) is 61.2 Å². The van der Waals surface area contributed by atoms with E-state index in [0.717, 1.165) is 28.9 Å². The summed E-state index contributed by atoms with van der Waals surface area (Å²) in [6.07, 6.45) is 2.36. The van der Waals surface area contributed by atoms with Crippen LogP contribution in [0.3, 0.4) is 0 Å². The molecule has 0 amide bonds. The summed E-state index contributed by atoms with van der Waals surface area (Å²) in [6, 6.07) is 8.58. The molecule has 0 radical (unpaired) electrons. The third-order valence-electron chi connectivity index (χ3n) is 3.72. The predicted octanol–water partition coefficient (Wildman–Crippen LogP) is 5.64. The summed E-state index contributed by atoms with van der Waals surface area (Å²) in [6.45, 7) is 4.92. The quantitative estimate of drug-likeness (QED) is 0.501. The van der Waals surface area contributed by atoms with E-state index in [0.29, 0.717) is 11.4 Å². The molecule has 0 aliphatic rings. The van der Waals surface area contributed by atoms with E-state index in [2.05, 4.69) is 11.9 Å². The molecule has 0 atom stereocenters. The first-order valence-corrected chi connectivity index (χ1v) is 8.13. The van der Waals surface area contributed by atoms with Crippen LogP contribution in [0.25, 0.3) is 0 Å². The zero-order chi connectivity index (χ0) is 17.0. The average Bonchev–Trinajstić information content (AvgIpc) is 2.52. The molecule has 0 aromatic heterocycles. The highest BCUT2D eigenvalue weighted by atomic mass is 35.5. The highest BCUT2D eigenvalue weighted by molar-refractivity contribution is 6.31. The zero-order valence-corrected chi connectivity index (χ0v) is 14.9. The van der Waals surface area contributed by atoms with Crippen LogP contribution in [0, 0.1) is 12.7 Å². The van der Waals surface area contributed by atoms with Gasteiger partial charge in [0.15, 0.2) is 0 Å². The van der Waals surface area contributed by atoms with E-state index in [1.165, 1.54) is 6.07 Å². The molecular formula is C18H19Cl2FN2. The lowest BCUT2D eigenvalue weighted by molar-refractivity contribution is 0.552. The van der Waals surface area contributed by atoms with Gasteiger partial charge in [-0.25, -0.2) is 9.38 Å². The number of rotatable bonds is 5. The molecule has 0 fully saturated rings. The van der Waals surface area contributed by atoms with Gasteiger partial charge in [0.1, 0.15) is 5.82 Å². The molecule has 0 heterocycles. The van der Waals surface area contributed by atoms with Gasteiger partial charge in [0.05, 0.1) is 17.0 Å². The third kappa shape index (κ3) is 4.69. The Balaban J connectivity index is 2.33. The lowest BCUT2D eigenvalue weighted by atomic mass is 9.99. The maximum atomic E-state index is 13.6. The van der Waals surface area contributed by atoms with Crippen molar-refractivity contribution in [3.05, 3.63) is 62.9 Å². The van der Waals surface area contributed by atoms with Crippen molar-refractivity contribution in [1.29, 1.82) is 0 Å². The van der Waals surface area contributed by atoms with Gasteiger partial charge in [-0.3, -0.25) is 0 Å². The van der Waals surface area contributed by atoms with Crippen molar-refractivity contribution in [3.63, 3.8) is 0 Å². The Hall–Kier alpha value is -1.58. The number of aliphatic imine (C=N–C) groups is 1. The van der Waals surface area contributed by atoms with Crippen molar-refractivity contribution in [3.8, 4) is 0 Å². The van der Waals surface area contributed by atoms with Crippen LogP contribution >= 0.6 is 23.2 Å². The molecule has 2 aromatic carbocycles. The van der Waals surface area contributed by atoms with Crippen LogP contribution in [0.15, 0.2) is 35.3 Å². The zero-order valence-electron chi connectivity index (χ0n) is 13.4. The standard InChI is InChI=1S/C18H19Cl2FN2/c1-4-23(3)11-22-18-10-15(19)9-14(12(18)2)7-13-5-6-16(20)17(21)8-13/h5-6,8-11H,4,7H2,1-3H3/b22-11-. The third-order valence-corrected chi connectivity index (χ3v) is 4.25. The van der Waals surface area contributed by atoms with Gasteiger partial charge in [0, 0.05) is 18.6 Å². The van der Waals surface area contributed by atoms with E-state index in [1.54, 1.807) is 12.4 Å². The summed E-state index contributed by atoms with van der Waals surface area (Å²) in [5, 5.41) is 0.746. The molecule has 0 spiro atoms. The van der Waals surface area contributed by atoms with Gasteiger partial charge in [-0.2, -0.15) is 0 Å². The smallest absolute Gasteiger partial charge is 0.142 e. The number of hydrogen-bond acceptors (Lipinski definition) is 1. The van der Waals surface area contributed by atoms with Gasteiger partial charge < -0.3 is 4.90 Å². The number of halogens is 3. The highest BCUT2D eigenvalue weighted by Gasteiger charge is 2.09. The van der Waals surface area contributed by atoms with Crippen molar-refractivity contribution in [1.82, 2.24) is 4.90 Å². The first kappa shape index (κ1) is 17.8. The van der Waals surface area contributed by atoms with Crippen LogP contribution in [0.1, 0.15) is 23.6 Å². The van der Waals surface area contributed by atoms with Crippen molar-refractivity contribution in [2.45, 2.75) is 20.3 Å². The molecule has 0 saturated heterocycles. The Morgan fingerprint density at radius 2 is 1.96 bits per heavy atom. The maximum absolute atomic E-state index is 13.6. The minimum atomic E-state index is -0.410. The van der Waals surface area contributed by atoms with E-state index in [9.17, 15) is 4.39 Å². The molecule has 122 valence electrons. The molecule has 0 aliphatic carbocycles. The lowest BCUT2D eigenvalue weighted by Gasteiger charge is -2.12. The summed E-state index contributed by atoms with van der Waals surface area (Å²) >= 11 is 11.9. The van der Waals surface area contributed by atoms with Crippen molar-refractivity contribution < 1.29 is 4.39 Å². The molecule has 0 bridgehead atoms. The molecule has 0 unspecified atom stereocenters. The molecule has 2 aromatic rings. The average molecular weight is 353 g/mol. The minimum absolute atomic E-state index is 0.129. The van der Waals surface area contributed by atoms with Gasteiger partial charge in [0.25, 0.3) is 0 Å². The Morgan fingerprint density at radius 3 is 2.61 bits per heavy atom. The second-order valence-corrected chi connectivity index (χ2v) is 6.30. The fraction of sp³-hybridized carbons (Fsp3) is 0.278. The first-order valence-electron chi connectivity index (χ1n) is 7.38. The van der Waals surface area contributed by atoms with E-state index in [4.69, 9.17) is 23.2 Å². The Kier molecular flexibility index (Phi) is 6.03. The Morgan fingerprint density at radius 1 is 1.22 bits per heavy atom. The lowest BCUT2D eigenvalue weighted by Crippen LogP contribution is -2.14. The molecule has 2 rings (SSSR count). The molecular weight excluding hydrogens is 334 g/mol. The van der Waals surface area contributed by atoms with Crippen LogP contribution in [0.5, 0.6) is 0 Å². The van der Waals surface area contributed by atoms with Crippen molar-refractivity contribution in [2.75, 3.05) is 13.6 Å². The Bertz CT molecular complexity index is 729. The largest absolute Gasteiger partial charge is 0.366 e. The second kappa shape index (κ2) is 7.80.